The molecule has 1 aliphatic rings. The van der Waals surface area contributed by atoms with E-state index in [0.717, 1.165) is 0 Å². The van der Waals surface area contributed by atoms with E-state index in [9.17, 15) is 14.9 Å². The molecule has 0 radical (unpaired) electrons. The van der Waals surface area contributed by atoms with Gasteiger partial charge in [-0.05, 0) is 18.4 Å². The first-order valence-corrected chi connectivity index (χ1v) is 5.99. The summed E-state index contributed by atoms with van der Waals surface area (Å²) in [6, 6.07) is 1.46. The molecule has 0 aliphatic carbocycles. The summed E-state index contributed by atoms with van der Waals surface area (Å²) in [6.45, 7) is 4.29. The minimum absolute atomic E-state index is 0.0554. The Morgan fingerprint density at radius 3 is 2.79 bits per heavy atom. The van der Waals surface area contributed by atoms with Crippen LogP contribution in [0.4, 0.5) is 11.5 Å². The summed E-state index contributed by atoms with van der Waals surface area (Å²) < 4.78 is 0. The number of hydrogen-bond acceptors (Lipinski definition) is 5. The summed E-state index contributed by atoms with van der Waals surface area (Å²) in [5.41, 5.74) is 0.635. The van der Waals surface area contributed by atoms with Gasteiger partial charge in [-0.1, -0.05) is 6.92 Å². The second-order valence-corrected chi connectivity index (χ2v) is 4.94. The molecule has 2 rings (SSSR count). The van der Waals surface area contributed by atoms with Crippen LogP contribution in [0.3, 0.4) is 0 Å². The Bertz CT molecular complexity index is 532. The van der Waals surface area contributed by atoms with E-state index >= 15 is 0 Å². The van der Waals surface area contributed by atoms with Gasteiger partial charge in [-0.25, -0.2) is 4.98 Å². The van der Waals surface area contributed by atoms with Crippen LogP contribution in [0.5, 0.6) is 0 Å². The Morgan fingerprint density at radius 1 is 1.58 bits per heavy atom. The van der Waals surface area contributed by atoms with Crippen LogP contribution in [0, 0.1) is 28.9 Å². The fourth-order valence-electron chi connectivity index (χ4n) is 2.39. The number of carboxylic acid groups (broad SMARTS) is 1. The highest BCUT2D eigenvalue weighted by Crippen LogP contribution is 2.33. The lowest BCUT2D eigenvalue weighted by Crippen LogP contribution is -2.24. The van der Waals surface area contributed by atoms with Crippen molar-refractivity contribution in [2.75, 3.05) is 18.0 Å². The number of pyridine rings is 1. The van der Waals surface area contributed by atoms with Crippen LogP contribution in [-0.2, 0) is 4.79 Å². The third-order valence-corrected chi connectivity index (χ3v) is 3.41. The Hall–Kier alpha value is -2.18. The molecule has 2 unspecified atom stereocenters. The topological polar surface area (TPSA) is 96.6 Å². The highest BCUT2D eigenvalue weighted by molar-refractivity contribution is 5.73. The largest absolute Gasteiger partial charge is 0.481 e. The maximum Gasteiger partial charge on any atom is 0.311 e. The average molecular weight is 265 g/mol. The zero-order valence-corrected chi connectivity index (χ0v) is 10.7. The monoisotopic (exact) mass is 265 g/mol. The van der Waals surface area contributed by atoms with Gasteiger partial charge in [-0.3, -0.25) is 14.9 Å². The molecular weight excluding hydrogens is 250 g/mol. The molecule has 1 saturated heterocycles. The highest BCUT2D eigenvalue weighted by atomic mass is 16.6. The number of hydrogen-bond donors (Lipinski definition) is 1. The van der Waals surface area contributed by atoms with Gasteiger partial charge in [0, 0.05) is 25.4 Å². The molecule has 1 aliphatic heterocycles. The number of carboxylic acids is 1. The SMILES string of the molecule is Cc1cnc(N2CC(C)C(C(=O)O)C2)c([N+](=O)[O-])c1. The third kappa shape index (κ3) is 2.49. The van der Waals surface area contributed by atoms with Gasteiger partial charge in [0.2, 0.25) is 5.82 Å². The Balaban J connectivity index is 2.33. The number of anilines is 1. The lowest BCUT2D eigenvalue weighted by atomic mass is 9.99. The number of aryl methyl sites for hydroxylation is 1. The van der Waals surface area contributed by atoms with E-state index in [0.29, 0.717) is 12.1 Å². The van der Waals surface area contributed by atoms with E-state index in [4.69, 9.17) is 5.11 Å². The molecule has 1 fully saturated rings. The second kappa shape index (κ2) is 4.83. The minimum atomic E-state index is -0.871. The van der Waals surface area contributed by atoms with Crippen LogP contribution in [-0.4, -0.2) is 34.1 Å². The predicted octanol–water partition coefficient (Wildman–Crippen LogP) is 1.46. The molecule has 0 aromatic carbocycles. The van der Waals surface area contributed by atoms with Crippen molar-refractivity contribution >= 4 is 17.5 Å². The number of nitrogens with zero attached hydrogens (tertiary/aromatic N) is 3. The van der Waals surface area contributed by atoms with Crippen molar-refractivity contribution in [3.05, 3.63) is 27.9 Å². The molecule has 1 aromatic heterocycles. The van der Waals surface area contributed by atoms with E-state index in [1.165, 1.54) is 6.07 Å². The fraction of sp³-hybridized carbons (Fsp3) is 0.500. The highest BCUT2D eigenvalue weighted by Gasteiger charge is 2.37. The maximum absolute atomic E-state index is 11.1. The molecule has 1 aromatic rings. The number of aliphatic carboxylic acids is 1. The van der Waals surface area contributed by atoms with Crippen molar-refractivity contribution in [2.24, 2.45) is 11.8 Å². The molecule has 0 amide bonds. The van der Waals surface area contributed by atoms with Gasteiger partial charge < -0.3 is 10.0 Å². The summed E-state index contributed by atoms with van der Waals surface area (Å²) in [5, 5.41) is 20.1. The van der Waals surface area contributed by atoms with Gasteiger partial charge in [0.05, 0.1) is 10.8 Å². The molecule has 19 heavy (non-hydrogen) atoms. The first-order valence-electron chi connectivity index (χ1n) is 5.99. The van der Waals surface area contributed by atoms with E-state index in [1.54, 1.807) is 18.0 Å². The summed E-state index contributed by atoms with van der Waals surface area (Å²) in [7, 11) is 0. The van der Waals surface area contributed by atoms with Gasteiger partial charge in [0.25, 0.3) is 0 Å². The first kappa shape index (κ1) is 13.3. The molecule has 1 N–H and O–H groups in total. The fourth-order valence-corrected chi connectivity index (χ4v) is 2.39. The van der Waals surface area contributed by atoms with E-state index in [-0.39, 0.29) is 24.0 Å². The van der Waals surface area contributed by atoms with Gasteiger partial charge in [-0.2, -0.15) is 0 Å². The quantitative estimate of drug-likeness (QED) is 0.656. The van der Waals surface area contributed by atoms with Crippen molar-refractivity contribution in [1.29, 1.82) is 0 Å². The second-order valence-electron chi connectivity index (χ2n) is 4.94. The van der Waals surface area contributed by atoms with Crippen LogP contribution in [0.15, 0.2) is 12.3 Å². The Labute approximate surface area is 110 Å². The lowest BCUT2D eigenvalue weighted by molar-refractivity contribution is -0.384. The molecule has 7 heteroatoms. The zero-order chi connectivity index (χ0) is 14.2. The van der Waals surface area contributed by atoms with Crippen LogP contribution in [0.1, 0.15) is 12.5 Å². The average Bonchev–Trinajstić information content (AvgIpc) is 2.71. The molecular formula is C12H15N3O4. The van der Waals surface area contributed by atoms with Gasteiger partial charge in [0.15, 0.2) is 0 Å². The van der Waals surface area contributed by atoms with Crippen molar-refractivity contribution in [2.45, 2.75) is 13.8 Å². The van der Waals surface area contributed by atoms with Crippen LogP contribution >= 0.6 is 0 Å². The van der Waals surface area contributed by atoms with Crippen molar-refractivity contribution in [3.8, 4) is 0 Å². The number of aromatic nitrogens is 1. The van der Waals surface area contributed by atoms with Crippen molar-refractivity contribution < 1.29 is 14.8 Å². The lowest BCUT2D eigenvalue weighted by Gasteiger charge is -2.16. The predicted molar refractivity (Wildman–Crippen MR) is 68.1 cm³/mol. The summed E-state index contributed by atoms with van der Waals surface area (Å²) in [6.07, 6.45) is 1.56. The smallest absolute Gasteiger partial charge is 0.311 e. The normalized spacial score (nSPS) is 22.5. The summed E-state index contributed by atoms with van der Waals surface area (Å²) >= 11 is 0. The van der Waals surface area contributed by atoms with Gasteiger partial charge >= 0.3 is 11.7 Å². The molecule has 7 nitrogen and oxygen atoms in total. The van der Waals surface area contributed by atoms with Gasteiger partial charge in [0.1, 0.15) is 0 Å². The van der Waals surface area contributed by atoms with E-state index < -0.39 is 16.8 Å². The third-order valence-electron chi connectivity index (χ3n) is 3.41. The van der Waals surface area contributed by atoms with E-state index in [1.807, 2.05) is 6.92 Å². The molecule has 102 valence electrons. The van der Waals surface area contributed by atoms with Gasteiger partial charge in [-0.15, -0.1) is 0 Å². The standard InChI is InChI=1S/C12H15N3O4/c1-7-3-10(15(18)19)11(13-4-7)14-5-8(2)9(6-14)12(16)17/h3-4,8-9H,5-6H2,1-2H3,(H,16,17). The molecule has 2 atom stereocenters. The van der Waals surface area contributed by atoms with Crippen LogP contribution < -0.4 is 4.90 Å². The molecule has 2 heterocycles. The maximum atomic E-state index is 11.1. The number of nitro groups is 1. The van der Waals surface area contributed by atoms with Crippen LogP contribution in [0.25, 0.3) is 0 Å². The van der Waals surface area contributed by atoms with Crippen molar-refractivity contribution in [3.63, 3.8) is 0 Å². The summed E-state index contributed by atoms with van der Waals surface area (Å²) in [5.74, 6) is -1.18. The van der Waals surface area contributed by atoms with Crippen LogP contribution in [0.2, 0.25) is 0 Å². The number of carbonyl (C=O) groups is 1. The molecule has 0 bridgehead atoms. The van der Waals surface area contributed by atoms with Crippen molar-refractivity contribution in [1.82, 2.24) is 4.98 Å². The minimum Gasteiger partial charge on any atom is -0.481 e. The Morgan fingerprint density at radius 2 is 2.26 bits per heavy atom. The summed E-state index contributed by atoms with van der Waals surface area (Å²) in [4.78, 5) is 27.4. The first-order chi connectivity index (χ1) is 8.90. The Kier molecular flexibility index (Phi) is 3.37. The molecule has 0 spiro atoms. The molecule has 0 saturated carbocycles. The van der Waals surface area contributed by atoms with E-state index in [2.05, 4.69) is 4.98 Å². The zero-order valence-electron chi connectivity index (χ0n) is 10.7. The number of rotatable bonds is 3.